The second kappa shape index (κ2) is 4.48. The van der Waals surface area contributed by atoms with Crippen LogP contribution >= 0.6 is 0 Å². The van der Waals surface area contributed by atoms with Gasteiger partial charge in [0.2, 0.25) is 0 Å². The predicted molar refractivity (Wildman–Crippen MR) is 31.1 cm³/mol. The minimum atomic E-state index is -0.411. The van der Waals surface area contributed by atoms with E-state index in [2.05, 4.69) is 4.74 Å². The number of aliphatic hydroxyl groups excluding tert-OH is 1. The molecule has 46 valence electrons. The average Bonchev–Trinajstić information content (AvgIpc) is 1.83. The summed E-state index contributed by atoms with van der Waals surface area (Å²) in [7, 11) is 0. The fraction of sp³-hybridized carbons (Fsp3) is 0.667. The molecule has 0 fully saturated rings. The third kappa shape index (κ3) is 3.51. The second-order valence-corrected chi connectivity index (χ2v) is 1.49. The summed E-state index contributed by atoms with van der Waals surface area (Å²) in [5.74, 6) is 0. The van der Waals surface area contributed by atoms with Crippen molar-refractivity contribution in [3.05, 3.63) is 0 Å². The van der Waals surface area contributed by atoms with Crippen LogP contribution in [-0.4, -0.2) is 17.8 Å². The lowest BCUT2D eigenvalue weighted by molar-refractivity contribution is 0.0905. The van der Waals surface area contributed by atoms with Gasteiger partial charge in [-0.05, 0) is 6.42 Å². The number of terminal acetylenes is 1. The molecule has 1 unspecified atom stereocenters. The van der Waals surface area contributed by atoms with Gasteiger partial charge in [0.25, 0.3) is 0 Å². The first-order chi connectivity index (χ1) is 3.81. The summed E-state index contributed by atoms with van der Waals surface area (Å²) in [6, 6.07) is 0. The Kier molecular flexibility index (Phi) is 4.10. The summed E-state index contributed by atoms with van der Waals surface area (Å²) in [5, 5.41) is 8.77. The fourth-order valence-electron chi connectivity index (χ4n) is 0.262. The standard InChI is InChI=1S/C6H10O2/c1-3-6(7)5-8-4-2/h2,6-7H,3,5H2,1H3. The van der Waals surface area contributed by atoms with Crippen LogP contribution in [0.15, 0.2) is 0 Å². The highest BCUT2D eigenvalue weighted by molar-refractivity contribution is 4.69. The molecule has 2 heteroatoms. The van der Waals surface area contributed by atoms with Gasteiger partial charge < -0.3 is 9.84 Å². The molecule has 0 saturated carbocycles. The van der Waals surface area contributed by atoms with Crippen molar-refractivity contribution in [3.63, 3.8) is 0 Å². The molecule has 0 aliphatic rings. The summed E-state index contributed by atoms with van der Waals surface area (Å²) in [6.45, 7) is 2.11. The van der Waals surface area contributed by atoms with E-state index in [1.165, 1.54) is 0 Å². The summed E-state index contributed by atoms with van der Waals surface area (Å²) in [6.07, 6.45) is 6.99. The lowest BCUT2D eigenvalue weighted by Crippen LogP contribution is -2.11. The molecular weight excluding hydrogens is 104 g/mol. The Morgan fingerprint density at radius 2 is 2.50 bits per heavy atom. The van der Waals surface area contributed by atoms with Crippen LogP contribution in [0.3, 0.4) is 0 Å². The van der Waals surface area contributed by atoms with Crippen LogP contribution < -0.4 is 0 Å². The topological polar surface area (TPSA) is 29.5 Å². The van der Waals surface area contributed by atoms with Gasteiger partial charge in [-0.15, -0.1) is 0 Å². The zero-order chi connectivity index (χ0) is 6.41. The minimum absolute atomic E-state index is 0.243. The molecule has 0 aromatic rings. The van der Waals surface area contributed by atoms with E-state index in [1.54, 1.807) is 0 Å². The maximum Gasteiger partial charge on any atom is 0.126 e. The molecule has 0 spiro atoms. The van der Waals surface area contributed by atoms with Crippen LogP contribution in [-0.2, 0) is 4.74 Å². The van der Waals surface area contributed by atoms with Crippen molar-refractivity contribution >= 4 is 0 Å². The first kappa shape index (κ1) is 7.32. The molecule has 1 atom stereocenters. The predicted octanol–water partition coefficient (Wildman–Crippen LogP) is 0.365. The number of hydrogen-bond acceptors (Lipinski definition) is 2. The molecule has 1 N–H and O–H groups in total. The quantitative estimate of drug-likeness (QED) is 0.537. The second-order valence-electron chi connectivity index (χ2n) is 1.49. The van der Waals surface area contributed by atoms with Crippen molar-refractivity contribution in [3.8, 4) is 12.5 Å². The Morgan fingerprint density at radius 1 is 1.88 bits per heavy atom. The molecule has 0 heterocycles. The van der Waals surface area contributed by atoms with Crippen molar-refractivity contribution in [2.75, 3.05) is 6.61 Å². The van der Waals surface area contributed by atoms with Crippen LogP contribution in [0.5, 0.6) is 0 Å². The van der Waals surface area contributed by atoms with E-state index in [1.807, 2.05) is 13.0 Å². The lowest BCUT2D eigenvalue weighted by Gasteiger charge is -2.02. The van der Waals surface area contributed by atoms with Crippen LogP contribution in [0, 0.1) is 12.5 Å². The number of rotatable bonds is 3. The molecule has 2 nitrogen and oxygen atoms in total. The maximum absolute atomic E-state index is 8.77. The van der Waals surface area contributed by atoms with Gasteiger partial charge in [0, 0.05) is 0 Å². The van der Waals surface area contributed by atoms with Crippen LogP contribution in [0.2, 0.25) is 0 Å². The van der Waals surface area contributed by atoms with Crippen molar-refractivity contribution in [2.45, 2.75) is 19.4 Å². The Hall–Kier alpha value is -0.680. The molecule has 8 heavy (non-hydrogen) atoms. The number of aliphatic hydroxyl groups is 1. The Morgan fingerprint density at radius 3 is 2.88 bits per heavy atom. The number of hydrogen-bond donors (Lipinski definition) is 1. The highest BCUT2D eigenvalue weighted by Crippen LogP contribution is 1.88. The molecule has 0 aromatic carbocycles. The molecule has 0 saturated heterocycles. The van der Waals surface area contributed by atoms with Gasteiger partial charge >= 0.3 is 0 Å². The number of ether oxygens (including phenoxy) is 1. The average molecular weight is 114 g/mol. The van der Waals surface area contributed by atoms with E-state index in [-0.39, 0.29) is 6.61 Å². The van der Waals surface area contributed by atoms with E-state index in [4.69, 9.17) is 11.5 Å². The highest BCUT2D eigenvalue weighted by Gasteiger charge is 1.96. The normalized spacial score (nSPS) is 12.1. The van der Waals surface area contributed by atoms with Crippen LogP contribution in [0.1, 0.15) is 13.3 Å². The first-order valence-electron chi connectivity index (χ1n) is 2.56. The van der Waals surface area contributed by atoms with E-state index in [9.17, 15) is 0 Å². The van der Waals surface area contributed by atoms with Gasteiger partial charge in [0.05, 0.1) is 6.10 Å². The largest absolute Gasteiger partial charge is 0.444 e. The highest BCUT2D eigenvalue weighted by atomic mass is 16.5. The van der Waals surface area contributed by atoms with E-state index >= 15 is 0 Å². The van der Waals surface area contributed by atoms with Gasteiger partial charge in [-0.25, -0.2) is 0 Å². The molecular formula is C6H10O2. The third-order valence-corrected chi connectivity index (χ3v) is 0.830. The molecule has 0 rings (SSSR count). The Bertz CT molecular complexity index is 83.0. The van der Waals surface area contributed by atoms with Gasteiger partial charge in [-0.3, -0.25) is 0 Å². The molecule has 0 aliphatic heterocycles. The van der Waals surface area contributed by atoms with Crippen LogP contribution in [0.4, 0.5) is 0 Å². The maximum atomic E-state index is 8.77. The van der Waals surface area contributed by atoms with E-state index < -0.39 is 6.10 Å². The van der Waals surface area contributed by atoms with E-state index in [0.29, 0.717) is 6.42 Å². The first-order valence-corrected chi connectivity index (χ1v) is 2.56. The zero-order valence-electron chi connectivity index (χ0n) is 4.92. The van der Waals surface area contributed by atoms with Crippen molar-refractivity contribution in [1.82, 2.24) is 0 Å². The third-order valence-electron chi connectivity index (χ3n) is 0.830. The molecule has 0 radical (unpaired) electrons. The van der Waals surface area contributed by atoms with E-state index in [0.717, 1.165) is 0 Å². The monoisotopic (exact) mass is 114 g/mol. The molecule has 0 aliphatic carbocycles. The molecule has 0 amide bonds. The van der Waals surface area contributed by atoms with Gasteiger partial charge in [0.15, 0.2) is 0 Å². The minimum Gasteiger partial charge on any atom is -0.444 e. The zero-order valence-corrected chi connectivity index (χ0v) is 4.92. The Labute approximate surface area is 49.5 Å². The van der Waals surface area contributed by atoms with Crippen molar-refractivity contribution in [2.24, 2.45) is 0 Å². The SMILES string of the molecule is C#COCC(O)CC. The molecule has 0 aromatic heterocycles. The lowest BCUT2D eigenvalue weighted by atomic mass is 10.3. The molecule has 0 bridgehead atoms. The Balaban J connectivity index is 3.01. The van der Waals surface area contributed by atoms with Gasteiger partial charge in [-0.1, -0.05) is 13.3 Å². The summed E-state index contributed by atoms with van der Waals surface area (Å²) in [4.78, 5) is 0. The van der Waals surface area contributed by atoms with Crippen LogP contribution in [0.25, 0.3) is 0 Å². The fourth-order valence-corrected chi connectivity index (χ4v) is 0.262. The van der Waals surface area contributed by atoms with Crippen molar-refractivity contribution in [1.29, 1.82) is 0 Å². The summed E-state index contributed by atoms with van der Waals surface area (Å²) in [5.41, 5.74) is 0. The smallest absolute Gasteiger partial charge is 0.126 e. The van der Waals surface area contributed by atoms with Gasteiger partial charge in [0.1, 0.15) is 12.7 Å². The van der Waals surface area contributed by atoms with Crippen molar-refractivity contribution < 1.29 is 9.84 Å². The van der Waals surface area contributed by atoms with Gasteiger partial charge in [-0.2, -0.15) is 0 Å². The summed E-state index contributed by atoms with van der Waals surface area (Å²) < 4.78 is 4.46. The summed E-state index contributed by atoms with van der Waals surface area (Å²) >= 11 is 0.